The van der Waals surface area contributed by atoms with Gasteiger partial charge in [0.05, 0.1) is 0 Å². The first kappa shape index (κ1) is 9.66. The van der Waals surface area contributed by atoms with Crippen molar-refractivity contribution in [2.75, 3.05) is 6.61 Å². The van der Waals surface area contributed by atoms with Gasteiger partial charge in [0.15, 0.2) is 0 Å². The maximum absolute atomic E-state index is 8.07. The van der Waals surface area contributed by atoms with Crippen LogP contribution in [0.5, 0.6) is 0 Å². The molecule has 0 unspecified atom stereocenters. The molecule has 0 radical (unpaired) electrons. The molecule has 0 atom stereocenters. The fraction of sp³-hybridized carbons (Fsp3) is 0.750. The van der Waals surface area contributed by atoms with E-state index in [0.29, 0.717) is 0 Å². The van der Waals surface area contributed by atoms with Crippen LogP contribution in [0.4, 0.5) is 0 Å². The van der Waals surface area contributed by atoms with Crippen molar-refractivity contribution in [2.45, 2.75) is 27.2 Å². The topological polar surface area (TPSA) is 29.5 Å². The van der Waals surface area contributed by atoms with Gasteiger partial charge in [-0.05, 0) is 17.4 Å². The van der Waals surface area contributed by atoms with Gasteiger partial charge < -0.3 is 0 Å². The van der Waals surface area contributed by atoms with E-state index < -0.39 is 0 Å². The molecular formula is C8H16O2. The lowest BCUT2D eigenvalue weighted by molar-refractivity contribution is -0.234. The van der Waals surface area contributed by atoms with E-state index in [-0.39, 0.29) is 12.0 Å². The van der Waals surface area contributed by atoms with Crippen LogP contribution in [0.25, 0.3) is 0 Å². The molecule has 0 aliphatic rings. The Balaban J connectivity index is 3.58. The molecule has 1 N–H and O–H groups in total. The molecule has 0 heterocycles. The van der Waals surface area contributed by atoms with Crippen LogP contribution >= 0.6 is 0 Å². The van der Waals surface area contributed by atoms with Crippen LogP contribution in [0.1, 0.15) is 27.2 Å². The Hall–Kier alpha value is -0.340. The van der Waals surface area contributed by atoms with Gasteiger partial charge in [-0.3, -0.25) is 5.26 Å². The Morgan fingerprint density at radius 2 is 2.00 bits per heavy atom. The van der Waals surface area contributed by atoms with Crippen molar-refractivity contribution in [3.8, 4) is 0 Å². The normalized spacial score (nSPS) is 11.6. The third-order valence-corrected chi connectivity index (χ3v) is 1.05. The zero-order valence-electron chi connectivity index (χ0n) is 6.98. The van der Waals surface area contributed by atoms with Gasteiger partial charge in [0, 0.05) is 0 Å². The highest BCUT2D eigenvalue weighted by Crippen LogP contribution is 2.22. The molecule has 0 aliphatic carbocycles. The van der Waals surface area contributed by atoms with Gasteiger partial charge in [-0.1, -0.05) is 27.4 Å². The highest BCUT2D eigenvalue weighted by atomic mass is 17.1. The van der Waals surface area contributed by atoms with Gasteiger partial charge in [0.1, 0.15) is 6.61 Å². The minimum absolute atomic E-state index is 0.232. The predicted octanol–water partition coefficient (Wildman–Crippen LogP) is 2.47. The summed E-state index contributed by atoms with van der Waals surface area (Å²) in [4.78, 5) is 3.95. The third-order valence-electron chi connectivity index (χ3n) is 1.05. The summed E-state index contributed by atoms with van der Waals surface area (Å²) >= 11 is 0. The van der Waals surface area contributed by atoms with Crippen LogP contribution in [0.2, 0.25) is 0 Å². The zero-order valence-corrected chi connectivity index (χ0v) is 6.98. The Morgan fingerprint density at radius 1 is 1.50 bits per heavy atom. The summed E-state index contributed by atoms with van der Waals surface area (Å²) in [5.74, 6) is 0. The standard InChI is InChI=1S/C8H16O2/c1-7(6-10-9)5-8(2,3)4/h9H,1,5-6H2,2-4H3. The molecule has 0 rings (SSSR count). The van der Waals surface area contributed by atoms with Gasteiger partial charge in [0.2, 0.25) is 0 Å². The highest BCUT2D eigenvalue weighted by molar-refractivity contribution is 4.97. The summed E-state index contributed by atoms with van der Waals surface area (Å²) in [5, 5.41) is 8.07. The predicted molar refractivity (Wildman–Crippen MR) is 41.8 cm³/mol. The molecule has 0 saturated carbocycles. The minimum Gasteiger partial charge on any atom is -0.251 e. The molecule has 10 heavy (non-hydrogen) atoms. The maximum Gasteiger partial charge on any atom is 0.103 e. The van der Waals surface area contributed by atoms with Gasteiger partial charge in [0.25, 0.3) is 0 Å². The lowest BCUT2D eigenvalue weighted by Crippen LogP contribution is -2.08. The summed E-state index contributed by atoms with van der Waals surface area (Å²) in [7, 11) is 0. The van der Waals surface area contributed by atoms with Crippen molar-refractivity contribution in [3.05, 3.63) is 12.2 Å². The van der Waals surface area contributed by atoms with Crippen molar-refractivity contribution in [1.29, 1.82) is 0 Å². The quantitative estimate of drug-likeness (QED) is 0.374. The minimum atomic E-state index is 0.232. The van der Waals surface area contributed by atoms with E-state index in [1.807, 2.05) is 0 Å². The number of rotatable bonds is 3. The van der Waals surface area contributed by atoms with Gasteiger partial charge >= 0.3 is 0 Å². The molecule has 0 aliphatic heterocycles. The van der Waals surface area contributed by atoms with Crippen molar-refractivity contribution >= 4 is 0 Å². The van der Waals surface area contributed by atoms with E-state index in [1.165, 1.54) is 0 Å². The number of hydrogen-bond acceptors (Lipinski definition) is 2. The van der Waals surface area contributed by atoms with E-state index in [9.17, 15) is 0 Å². The Morgan fingerprint density at radius 3 is 2.30 bits per heavy atom. The van der Waals surface area contributed by atoms with Gasteiger partial charge in [-0.25, -0.2) is 4.89 Å². The smallest absolute Gasteiger partial charge is 0.103 e. The molecular weight excluding hydrogens is 128 g/mol. The van der Waals surface area contributed by atoms with Crippen molar-refractivity contribution in [1.82, 2.24) is 0 Å². The number of hydrogen-bond donors (Lipinski definition) is 1. The maximum atomic E-state index is 8.07. The molecule has 0 bridgehead atoms. The van der Waals surface area contributed by atoms with Crippen LogP contribution in [-0.2, 0) is 4.89 Å². The molecule has 0 saturated heterocycles. The fourth-order valence-corrected chi connectivity index (χ4v) is 0.892. The average molecular weight is 144 g/mol. The first-order valence-electron chi connectivity index (χ1n) is 3.39. The molecule has 0 aromatic carbocycles. The summed E-state index contributed by atoms with van der Waals surface area (Å²) in [6.07, 6.45) is 0.882. The van der Waals surface area contributed by atoms with Gasteiger partial charge in [-0.15, -0.1) is 0 Å². The third kappa shape index (κ3) is 5.79. The van der Waals surface area contributed by atoms with Crippen molar-refractivity contribution in [2.24, 2.45) is 5.41 Å². The first-order valence-corrected chi connectivity index (χ1v) is 3.39. The van der Waals surface area contributed by atoms with Crippen molar-refractivity contribution in [3.63, 3.8) is 0 Å². The Bertz CT molecular complexity index is 111. The summed E-state index contributed by atoms with van der Waals surface area (Å²) in [5.41, 5.74) is 1.16. The van der Waals surface area contributed by atoms with E-state index in [0.717, 1.165) is 12.0 Å². The summed E-state index contributed by atoms with van der Waals surface area (Å²) in [6.45, 7) is 10.4. The lowest BCUT2D eigenvalue weighted by Gasteiger charge is -2.18. The Labute approximate surface area is 62.4 Å². The van der Waals surface area contributed by atoms with Crippen LogP contribution in [0, 0.1) is 5.41 Å². The SMILES string of the molecule is C=C(COO)CC(C)(C)C. The first-order chi connectivity index (χ1) is 4.45. The lowest BCUT2D eigenvalue weighted by atomic mass is 9.89. The molecule has 2 heteroatoms. The Kier molecular flexibility index (Phi) is 3.61. The molecule has 2 nitrogen and oxygen atoms in total. The second-order valence-electron chi connectivity index (χ2n) is 3.76. The van der Waals surface area contributed by atoms with E-state index in [2.05, 4.69) is 32.2 Å². The molecule has 60 valence electrons. The zero-order chi connectivity index (χ0) is 8.20. The van der Waals surface area contributed by atoms with Crippen LogP contribution in [0.15, 0.2) is 12.2 Å². The van der Waals surface area contributed by atoms with Crippen molar-refractivity contribution < 1.29 is 10.1 Å². The molecule has 0 aromatic rings. The van der Waals surface area contributed by atoms with Crippen LogP contribution < -0.4 is 0 Å². The van der Waals surface area contributed by atoms with Crippen LogP contribution in [-0.4, -0.2) is 11.9 Å². The second-order valence-corrected chi connectivity index (χ2v) is 3.76. The summed E-state index contributed by atoms with van der Waals surface area (Å²) in [6, 6.07) is 0. The van der Waals surface area contributed by atoms with E-state index in [4.69, 9.17) is 5.26 Å². The average Bonchev–Trinajstić information content (AvgIpc) is 1.59. The van der Waals surface area contributed by atoms with E-state index >= 15 is 0 Å². The molecule has 0 spiro atoms. The largest absolute Gasteiger partial charge is 0.251 e. The molecule has 0 aromatic heterocycles. The highest BCUT2D eigenvalue weighted by Gasteiger charge is 2.11. The van der Waals surface area contributed by atoms with Crippen LogP contribution in [0.3, 0.4) is 0 Å². The monoisotopic (exact) mass is 144 g/mol. The second kappa shape index (κ2) is 3.74. The fourth-order valence-electron chi connectivity index (χ4n) is 0.892. The molecule has 0 amide bonds. The van der Waals surface area contributed by atoms with Gasteiger partial charge in [-0.2, -0.15) is 0 Å². The van der Waals surface area contributed by atoms with E-state index in [1.54, 1.807) is 0 Å². The summed E-state index contributed by atoms with van der Waals surface area (Å²) < 4.78 is 0. The molecule has 0 fully saturated rings.